The van der Waals surface area contributed by atoms with Crippen molar-refractivity contribution in [3.8, 4) is 0 Å². The normalized spacial score (nSPS) is 11.3. The van der Waals surface area contributed by atoms with E-state index in [9.17, 15) is 2.63 Å². The first-order valence-electron chi connectivity index (χ1n) is 6.33. The predicted octanol–water partition coefficient (Wildman–Crippen LogP) is 2.13. The first-order valence-corrected chi connectivity index (χ1v) is 11.1. The standard InChI is InChI=1S/C9H12N.C7H7.Bi.FH/c1-10(2)8-9-6-4-3-5-7-9;1-7-5-3-2-4-6-7;;/h3-6H,8H2,1-2H3;3-6H,1H3;;1H/q;;+1;/p-1. The molecule has 2 rings (SSSR count). The molecule has 0 aromatic heterocycles. The molecule has 0 N–H and O–H groups in total. The number of aryl methyl sites for hydroxylation is 1. The van der Waals surface area contributed by atoms with Crippen molar-refractivity contribution in [1.82, 2.24) is 4.90 Å². The summed E-state index contributed by atoms with van der Waals surface area (Å²) in [4.78, 5) is 2.09. The van der Waals surface area contributed by atoms with Gasteiger partial charge in [0.15, 0.2) is 0 Å². The van der Waals surface area contributed by atoms with Crippen molar-refractivity contribution in [1.29, 1.82) is 0 Å². The monoisotopic (exact) mass is 453 g/mol. The fraction of sp³-hybridized carbons (Fsp3) is 0.250. The van der Waals surface area contributed by atoms with E-state index in [1.54, 1.807) is 0 Å². The summed E-state index contributed by atoms with van der Waals surface area (Å²) in [6, 6.07) is 15.9. The van der Waals surface area contributed by atoms with Crippen molar-refractivity contribution < 1.29 is 2.63 Å². The topological polar surface area (TPSA) is 3.24 Å². The van der Waals surface area contributed by atoms with Crippen LogP contribution in [-0.2, 0) is 6.54 Å². The summed E-state index contributed by atoms with van der Waals surface area (Å²) in [5.74, 6) is 0. The molecule has 0 radical (unpaired) electrons. The van der Waals surface area contributed by atoms with Crippen molar-refractivity contribution in [3.63, 3.8) is 0 Å². The maximum atomic E-state index is 14.9. The van der Waals surface area contributed by atoms with Gasteiger partial charge in [0, 0.05) is 0 Å². The summed E-state index contributed by atoms with van der Waals surface area (Å²) in [6.07, 6.45) is 0. The van der Waals surface area contributed by atoms with E-state index in [0.29, 0.717) is 0 Å². The van der Waals surface area contributed by atoms with Crippen molar-refractivity contribution in [2.75, 3.05) is 14.1 Å². The van der Waals surface area contributed by atoms with Gasteiger partial charge in [-0.25, -0.2) is 0 Å². The number of rotatable bonds is 4. The molecular formula is C16H19BiFN. The number of hydrogen-bond acceptors (Lipinski definition) is 1. The molecule has 2 aromatic rings. The fourth-order valence-corrected chi connectivity index (χ4v) is 7.06. The van der Waals surface area contributed by atoms with Crippen LogP contribution in [0.15, 0.2) is 48.5 Å². The first-order chi connectivity index (χ1) is 9.08. The van der Waals surface area contributed by atoms with Gasteiger partial charge in [0.05, 0.1) is 0 Å². The number of nitrogens with zero attached hydrogens (tertiary/aromatic N) is 1. The molecule has 2 aromatic carbocycles. The van der Waals surface area contributed by atoms with Gasteiger partial charge in [-0.2, -0.15) is 0 Å². The van der Waals surface area contributed by atoms with Gasteiger partial charge in [-0.1, -0.05) is 0 Å². The van der Waals surface area contributed by atoms with Crippen LogP contribution in [0.5, 0.6) is 0 Å². The molecule has 100 valence electrons. The molecule has 0 amide bonds. The molecule has 0 aliphatic carbocycles. The van der Waals surface area contributed by atoms with E-state index in [-0.39, 0.29) is 0 Å². The maximum absolute atomic E-state index is 14.9. The molecule has 0 aliphatic heterocycles. The first kappa shape index (κ1) is 14.6. The molecule has 0 atom stereocenters. The zero-order valence-electron chi connectivity index (χ0n) is 11.6. The Morgan fingerprint density at radius 1 is 1.00 bits per heavy atom. The van der Waals surface area contributed by atoms with Crippen LogP contribution in [0.3, 0.4) is 0 Å². The Morgan fingerprint density at radius 3 is 2.26 bits per heavy atom. The molecule has 0 spiro atoms. The molecule has 1 nitrogen and oxygen atoms in total. The Labute approximate surface area is 123 Å². The van der Waals surface area contributed by atoms with Gasteiger partial charge < -0.3 is 0 Å². The van der Waals surface area contributed by atoms with E-state index in [0.717, 1.165) is 18.7 Å². The molecule has 0 aliphatic rings. The number of hydrogen-bond donors (Lipinski definition) is 0. The average Bonchev–Trinajstić information content (AvgIpc) is 2.39. The van der Waals surface area contributed by atoms with Crippen molar-refractivity contribution >= 4 is 28.9 Å². The van der Waals surface area contributed by atoms with E-state index in [1.165, 1.54) is 5.56 Å². The quantitative estimate of drug-likeness (QED) is 0.642. The van der Waals surface area contributed by atoms with Crippen LogP contribution >= 0.6 is 0 Å². The van der Waals surface area contributed by atoms with Crippen LogP contribution in [0, 0.1) is 6.92 Å². The molecule has 0 heterocycles. The van der Waals surface area contributed by atoms with E-state index in [4.69, 9.17) is 0 Å². The Hall–Kier alpha value is -0.787. The summed E-state index contributed by atoms with van der Waals surface area (Å²) in [6.45, 7) is 2.84. The SMILES string of the molecule is Cc1cc[c]([Bi]([F])[c]2ccccc2CN(C)C)cc1. The van der Waals surface area contributed by atoms with Crippen LogP contribution in [0.1, 0.15) is 11.1 Å². The van der Waals surface area contributed by atoms with E-state index < -0.39 is 22.4 Å². The van der Waals surface area contributed by atoms with Gasteiger partial charge in [0.2, 0.25) is 0 Å². The van der Waals surface area contributed by atoms with Crippen LogP contribution in [0.4, 0.5) is 2.63 Å². The summed E-state index contributed by atoms with van der Waals surface area (Å²) in [7, 11) is 4.04. The van der Waals surface area contributed by atoms with Gasteiger partial charge in [-0.15, -0.1) is 0 Å². The van der Waals surface area contributed by atoms with Crippen molar-refractivity contribution in [3.05, 3.63) is 59.7 Å². The third-order valence-corrected chi connectivity index (χ3v) is 9.21. The minimum atomic E-state index is -3.27. The number of benzene rings is 2. The van der Waals surface area contributed by atoms with Gasteiger partial charge in [0.1, 0.15) is 0 Å². The minimum absolute atomic E-state index is 0.803. The number of halogens is 1. The van der Waals surface area contributed by atoms with E-state index in [1.807, 2.05) is 69.6 Å². The van der Waals surface area contributed by atoms with Crippen molar-refractivity contribution in [2.45, 2.75) is 13.5 Å². The Bertz CT molecular complexity index is 537. The third-order valence-electron chi connectivity index (χ3n) is 2.95. The van der Waals surface area contributed by atoms with E-state index in [2.05, 4.69) is 4.90 Å². The molecular weight excluding hydrogens is 434 g/mol. The van der Waals surface area contributed by atoms with Gasteiger partial charge in [-0.05, 0) is 0 Å². The molecule has 0 fully saturated rings. The molecule has 0 unspecified atom stereocenters. The summed E-state index contributed by atoms with van der Waals surface area (Å²) in [5, 5.41) is 0. The Balaban J connectivity index is 2.32. The van der Waals surface area contributed by atoms with Gasteiger partial charge >= 0.3 is 124 Å². The molecule has 0 saturated carbocycles. The average molecular weight is 453 g/mol. The van der Waals surface area contributed by atoms with Gasteiger partial charge in [0.25, 0.3) is 0 Å². The Kier molecular flexibility index (Phi) is 5.07. The zero-order valence-corrected chi connectivity index (χ0v) is 15.1. The van der Waals surface area contributed by atoms with Crippen LogP contribution in [-0.4, -0.2) is 41.4 Å². The van der Waals surface area contributed by atoms with Crippen LogP contribution in [0.25, 0.3) is 0 Å². The second-order valence-electron chi connectivity index (χ2n) is 4.98. The molecule has 19 heavy (non-hydrogen) atoms. The summed E-state index contributed by atoms with van der Waals surface area (Å²) < 4.78 is 16.8. The van der Waals surface area contributed by atoms with Crippen LogP contribution < -0.4 is 6.54 Å². The van der Waals surface area contributed by atoms with E-state index >= 15 is 0 Å². The molecule has 3 heteroatoms. The second-order valence-corrected chi connectivity index (χ2v) is 11.0. The molecule has 0 bridgehead atoms. The summed E-state index contributed by atoms with van der Waals surface area (Å²) in [5.41, 5.74) is 2.32. The Morgan fingerprint density at radius 2 is 1.63 bits per heavy atom. The second kappa shape index (κ2) is 6.58. The predicted molar refractivity (Wildman–Crippen MR) is 81.1 cm³/mol. The summed E-state index contributed by atoms with van der Waals surface area (Å²) >= 11 is -3.27. The van der Waals surface area contributed by atoms with Crippen LogP contribution in [0.2, 0.25) is 0 Å². The fourth-order valence-electron chi connectivity index (χ4n) is 1.99. The zero-order chi connectivity index (χ0) is 13.8. The third kappa shape index (κ3) is 3.84. The van der Waals surface area contributed by atoms with Crippen molar-refractivity contribution in [2.24, 2.45) is 0 Å². The van der Waals surface area contributed by atoms with Gasteiger partial charge in [-0.3, -0.25) is 0 Å². The molecule has 0 saturated heterocycles.